The average molecular weight is 592 g/mol. The zero-order valence-electron chi connectivity index (χ0n) is 26.7. The third kappa shape index (κ3) is 9.48. The second kappa shape index (κ2) is 13.6. The van der Waals surface area contributed by atoms with Gasteiger partial charge in [0.2, 0.25) is 5.91 Å². The van der Waals surface area contributed by atoms with Crippen molar-refractivity contribution >= 4 is 32.9 Å². The summed E-state index contributed by atoms with van der Waals surface area (Å²) in [7, 11) is -0.853. The van der Waals surface area contributed by atoms with Gasteiger partial charge in [-0.1, -0.05) is 63.5 Å². The molecule has 0 spiro atoms. The van der Waals surface area contributed by atoms with Gasteiger partial charge in [-0.3, -0.25) is 4.79 Å². The summed E-state index contributed by atoms with van der Waals surface area (Å²) < 4.78 is 24.3. The Morgan fingerprint density at radius 1 is 1.15 bits per heavy atom. The van der Waals surface area contributed by atoms with Crippen LogP contribution in [0.25, 0.3) is 0 Å². The normalized spacial score (nSPS) is 19.7. The van der Waals surface area contributed by atoms with Gasteiger partial charge in [-0.15, -0.1) is 0 Å². The summed E-state index contributed by atoms with van der Waals surface area (Å²) in [6.45, 7) is 23.6. The molecule has 1 unspecified atom stereocenters. The van der Waals surface area contributed by atoms with E-state index < -0.39 is 15.4 Å². The van der Waals surface area contributed by atoms with E-state index in [1.165, 1.54) is 0 Å². The first-order valence-electron chi connectivity index (χ1n) is 14.3. The van der Waals surface area contributed by atoms with Crippen LogP contribution in [0.1, 0.15) is 74.3 Å². The molecule has 1 aromatic carbocycles. The Morgan fingerprint density at radius 2 is 1.75 bits per heavy atom. The number of ether oxygens (including phenoxy) is 1. The molecule has 6 nitrogen and oxygen atoms in total. The van der Waals surface area contributed by atoms with Crippen LogP contribution in [0, 0.1) is 5.92 Å². The maximum absolute atomic E-state index is 12.7. The molecule has 1 amide bonds. The summed E-state index contributed by atoms with van der Waals surface area (Å²) >= 11 is 6.25. The van der Waals surface area contributed by atoms with Crippen molar-refractivity contribution in [1.29, 1.82) is 0 Å². The third-order valence-corrected chi connectivity index (χ3v) is 13.3. The van der Waals surface area contributed by atoms with Gasteiger partial charge in [0, 0.05) is 6.04 Å². The monoisotopic (exact) mass is 591 g/mol. The van der Waals surface area contributed by atoms with Crippen molar-refractivity contribution in [2.24, 2.45) is 5.92 Å². The zero-order chi connectivity index (χ0) is 30.5. The summed E-state index contributed by atoms with van der Waals surface area (Å²) in [5.41, 5.74) is 0.276. The summed E-state index contributed by atoms with van der Waals surface area (Å²) in [4.78, 5) is 12.7. The van der Waals surface area contributed by atoms with Crippen LogP contribution >= 0.6 is 11.6 Å². The molecule has 0 bridgehead atoms. The molecule has 2 rings (SSSR count). The average Bonchev–Trinajstić information content (AvgIpc) is 3.01. The van der Waals surface area contributed by atoms with Crippen LogP contribution in [-0.2, 0) is 25.0 Å². The molecule has 1 aliphatic heterocycles. The first-order chi connectivity index (χ1) is 18.3. The Kier molecular flexibility index (Phi) is 11.8. The fourth-order valence-electron chi connectivity index (χ4n) is 4.12. The molecule has 3 atom stereocenters. The fraction of sp³-hybridized carbons (Fsp3) is 0.645. The fourth-order valence-corrected chi connectivity index (χ4v) is 5.83. The van der Waals surface area contributed by atoms with Crippen molar-refractivity contribution in [3.05, 3.63) is 53.0 Å². The Hall–Kier alpha value is -1.58. The summed E-state index contributed by atoms with van der Waals surface area (Å²) in [6.07, 6.45) is 6.87. The number of nitrogens with one attached hydrogen (secondary N) is 1. The zero-order valence-corrected chi connectivity index (χ0v) is 28.4. The molecule has 1 aromatic rings. The number of benzene rings is 1. The third-order valence-electron chi connectivity index (χ3n) is 8.47. The Labute approximate surface area is 249 Å². The van der Waals surface area contributed by atoms with Crippen molar-refractivity contribution in [1.82, 2.24) is 5.32 Å². The van der Waals surface area contributed by atoms with E-state index >= 15 is 0 Å². The molecule has 0 aliphatic carbocycles. The van der Waals surface area contributed by atoms with Gasteiger partial charge in [0.15, 0.2) is 8.32 Å². The number of rotatable bonds is 12. The lowest BCUT2D eigenvalue weighted by Gasteiger charge is -2.40. The topological polar surface area (TPSA) is 66.0 Å². The molecular weight excluding hydrogens is 541 g/mol. The van der Waals surface area contributed by atoms with Crippen LogP contribution in [0.4, 0.5) is 0 Å². The summed E-state index contributed by atoms with van der Waals surface area (Å²) in [6, 6.07) is 5.63. The lowest BCUT2D eigenvalue weighted by Crippen LogP contribution is -2.45. The van der Waals surface area contributed by atoms with Crippen molar-refractivity contribution in [3.8, 4) is 5.75 Å². The minimum absolute atomic E-state index is 0.0531. The summed E-state index contributed by atoms with van der Waals surface area (Å²) in [5, 5.41) is 3.68. The van der Waals surface area contributed by atoms with Gasteiger partial charge in [-0.2, -0.15) is 0 Å². The molecule has 224 valence electrons. The van der Waals surface area contributed by atoms with E-state index in [4.69, 9.17) is 30.1 Å². The van der Waals surface area contributed by atoms with Crippen molar-refractivity contribution in [2.75, 3.05) is 7.11 Å². The van der Waals surface area contributed by atoms with Crippen LogP contribution in [0.3, 0.4) is 0 Å². The standard InChI is InChI=1S/C31H51BClNO5Si/c1-22(18-19-32-38-30(6,7)31(8,9)39-32)26(37-40(11,12)29(3,4)5)14-13-15-28(35)34-23(2)20-24-16-17-27(36-10)25(33)21-24/h13,15-19,21-23,26H,14,20H2,1-12H3,(H,34,35)/b15-13+,19-18+/t22-,23?,26+/m1/s1. The second-order valence-electron chi connectivity index (χ2n) is 13.5. The van der Waals surface area contributed by atoms with E-state index in [0.717, 1.165) is 5.56 Å². The van der Waals surface area contributed by atoms with Crippen LogP contribution in [-0.4, -0.2) is 51.8 Å². The SMILES string of the molecule is COc1ccc(CC(C)NC(=O)/C=C/C[C@H](O[Si](C)(C)C(C)(C)C)[C@H](C)/C=C/B2OC(C)(C)C(C)(C)O2)cc1Cl. The molecule has 9 heteroatoms. The van der Waals surface area contributed by atoms with Crippen molar-refractivity contribution in [3.63, 3.8) is 0 Å². The van der Waals surface area contributed by atoms with Gasteiger partial charge in [-0.05, 0) is 95.3 Å². The minimum atomic E-state index is -2.05. The molecule has 0 aromatic heterocycles. The highest BCUT2D eigenvalue weighted by Crippen LogP contribution is 2.39. The minimum Gasteiger partial charge on any atom is -0.495 e. The predicted octanol–water partition coefficient (Wildman–Crippen LogP) is 7.56. The highest BCUT2D eigenvalue weighted by atomic mass is 35.5. The van der Waals surface area contributed by atoms with E-state index in [-0.39, 0.29) is 40.2 Å². The Balaban J connectivity index is 2.05. The first-order valence-corrected chi connectivity index (χ1v) is 17.6. The molecule has 0 saturated carbocycles. The maximum Gasteiger partial charge on any atom is 0.486 e. The smallest absolute Gasteiger partial charge is 0.486 e. The van der Waals surface area contributed by atoms with E-state index in [2.05, 4.69) is 79.9 Å². The molecule has 40 heavy (non-hydrogen) atoms. The van der Waals surface area contributed by atoms with Crippen LogP contribution < -0.4 is 10.1 Å². The van der Waals surface area contributed by atoms with Crippen LogP contribution in [0.2, 0.25) is 23.2 Å². The number of amides is 1. The lowest BCUT2D eigenvalue weighted by molar-refractivity contribution is -0.117. The molecule has 1 aliphatic rings. The van der Waals surface area contributed by atoms with Crippen molar-refractivity contribution < 1.29 is 23.3 Å². The van der Waals surface area contributed by atoms with E-state index in [1.807, 2.05) is 37.2 Å². The van der Waals surface area contributed by atoms with Crippen LogP contribution in [0.15, 0.2) is 42.4 Å². The van der Waals surface area contributed by atoms with E-state index in [1.54, 1.807) is 13.2 Å². The molecular formula is C31H51BClNO5Si. The van der Waals surface area contributed by atoms with Crippen LogP contribution in [0.5, 0.6) is 5.75 Å². The number of methoxy groups -OCH3 is 1. The van der Waals surface area contributed by atoms with Gasteiger partial charge in [-0.25, -0.2) is 0 Å². The molecule has 1 heterocycles. The lowest BCUT2D eigenvalue weighted by atomic mass is 9.87. The molecule has 0 radical (unpaired) electrons. The Bertz CT molecular complexity index is 1050. The van der Waals surface area contributed by atoms with E-state index in [0.29, 0.717) is 23.6 Å². The van der Waals surface area contributed by atoms with Gasteiger partial charge in [0.25, 0.3) is 0 Å². The number of halogens is 1. The number of carbonyl (C=O) groups excluding carboxylic acids is 1. The van der Waals surface area contributed by atoms with Gasteiger partial charge in [0.05, 0.1) is 29.4 Å². The van der Waals surface area contributed by atoms with E-state index in [9.17, 15) is 4.79 Å². The number of hydrogen-bond acceptors (Lipinski definition) is 5. The predicted molar refractivity (Wildman–Crippen MR) is 170 cm³/mol. The number of carbonyl (C=O) groups is 1. The maximum atomic E-state index is 12.7. The largest absolute Gasteiger partial charge is 0.495 e. The second-order valence-corrected chi connectivity index (χ2v) is 18.7. The molecule has 1 fully saturated rings. The quantitative estimate of drug-likeness (QED) is 0.201. The Morgan fingerprint density at radius 3 is 2.27 bits per heavy atom. The first kappa shape index (κ1) is 34.6. The van der Waals surface area contributed by atoms with Gasteiger partial charge < -0.3 is 23.8 Å². The highest BCUT2D eigenvalue weighted by molar-refractivity contribution is 6.74. The van der Waals surface area contributed by atoms with Gasteiger partial charge in [0.1, 0.15) is 5.75 Å². The molecule has 1 N–H and O–H groups in total. The van der Waals surface area contributed by atoms with Crippen molar-refractivity contribution in [2.45, 2.75) is 117 Å². The summed E-state index contributed by atoms with van der Waals surface area (Å²) in [5.74, 6) is 2.60. The number of hydrogen-bond donors (Lipinski definition) is 1. The highest BCUT2D eigenvalue weighted by Gasteiger charge is 2.50. The molecule has 1 saturated heterocycles. The van der Waals surface area contributed by atoms with Gasteiger partial charge >= 0.3 is 7.12 Å².